The van der Waals surface area contributed by atoms with Crippen LogP contribution in [-0.4, -0.2) is 59.5 Å². The summed E-state index contributed by atoms with van der Waals surface area (Å²) in [5.74, 6) is -1.24. The van der Waals surface area contributed by atoms with Crippen LogP contribution in [0, 0.1) is 17.0 Å². The predicted octanol–water partition coefficient (Wildman–Crippen LogP) is 0.0362. The smallest absolute Gasteiger partial charge is 0.358 e. The van der Waals surface area contributed by atoms with Gasteiger partial charge in [-0.05, 0) is 27.8 Å². The van der Waals surface area contributed by atoms with Crippen LogP contribution in [0.15, 0.2) is 27.5 Å². The quantitative estimate of drug-likeness (QED) is 0.242. The highest BCUT2D eigenvalue weighted by Gasteiger charge is 2.18. The van der Waals surface area contributed by atoms with Gasteiger partial charge in [-0.25, -0.2) is 0 Å². The third kappa shape index (κ3) is 5.47. The molecule has 2 amide bonds. The number of aryl methyl sites for hydroxylation is 1. The summed E-state index contributed by atoms with van der Waals surface area (Å²) in [4.78, 5) is 38.0. The second kappa shape index (κ2) is 9.25. The molecule has 0 radical (unpaired) electrons. The van der Waals surface area contributed by atoms with Gasteiger partial charge in [0.1, 0.15) is 13.1 Å². The van der Waals surface area contributed by atoms with Crippen LogP contribution in [0.4, 0.5) is 5.82 Å². The first-order chi connectivity index (χ1) is 14.3. The minimum absolute atomic E-state index is 0.118. The fourth-order valence-corrected chi connectivity index (χ4v) is 2.70. The molecule has 0 aliphatic heterocycles. The van der Waals surface area contributed by atoms with E-state index in [2.05, 4.69) is 46.9 Å². The van der Waals surface area contributed by atoms with Gasteiger partial charge < -0.3 is 25.3 Å². The van der Waals surface area contributed by atoms with Crippen molar-refractivity contribution < 1.29 is 19.0 Å². The molecule has 0 aliphatic rings. The number of carbonyl (C=O) groups is 2. The monoisotopic (exact) mass is 481 g/mol. The van der Waals surface area contributed by atoms with Crippen LogP contribution in [0.2, 0.25) is 0 Å². The average Bonchev–Trinajstić information content (AvgIpc) is 3.40. The molecular weight excluding hydrogens is 466 g/mol. The summed E-state index contributed by atoms with van der Waals surface area (Å²) in [6.45, 7) is 1.92. The fourth-order valence-electron chi connectivity index (χ4n) is 2.37. The van der Waals surface area contributed by atoms with Crippen LogP contribution in [0.25, 0.3) is 0 Å². The second-order valence-electron chi connectivity index (χ2n) is 6.04. The Morgan fingerprint density at radius 1 is 1.33 bits per heavy atom. The highest BCUT2D eigenvalue weighted by molar-refractivity contribution is 9.10. The Labute approximate surface area is 176 Å². The molecule has 3 heterocycles. The van der Waals surface area contributed by atoms with Gasteiger partial charge in [0.15, 0.2) is 5.82 Å². The molecule has 0 spiro atoms. The van der Waals surface area contributed by atoms with Crippen LogP contribution in [0.5, 0.6) is 0 Å². The van der Waals surface area contributed by atoms with Gasteiger partial charge in [-0.2, -0.15) is 14.8 Å². The molecule has 0 saturated carbocycles. The maximum absolute atomic E-state index is 12.0. The molecule has 0 aromatic carbocycles. The minimum atomic E-state index is -0.631. The number of aromatic nitrogens is 6. The normalized spacial score (nSPS) is 10.7. The summed E-state index contributed by atoms with van der Waals surface area (Å²) < 4.78 is 8.51. The van der Waals surface area contributed by atoms with Crippen molar-refractivity contribution >= 4 is 33.6 Å². The first-order valence-corrected chi connectivity index (χ1v) is 9.35. The Morgan fingerprint density at radius 2 is 2.10 bits per heavy atom. The van der Waals surface area contributed by atoms with Gasteiger partial charge in [-0.1, -0.05) is 5.16 Å². The van der Waals surface area contributed by atoms with E-state index in [1.165, 1.54) is 10.7 Å². The van der Waals surface area contributed by atoms with Crippen molar-refractivity contribution in [1.29, 1.82) is 0 Å². The zero-order chi connectivity index (χ0) is 21.7. The summed E-state index contributed by atoms with van der Waals surface area (Å²) in [5, 5.41) is 27.3. The van der Waals surface area contributed by atoms with Gasteiger partial charge in [0.2, 0.25) is 5.91 Å². The number of hydrogen-bond acceptors (Lipinski definition) is 9. The molecule has 2 N–H and O–H groups in total. The third-order valence-electron chi connectivity index (χ3n) is 3.75. The van der Waals surface area contributed by atoms with Crippen molar-refractivity contribution in [1.82, 2.24) is 40.3 Å². The number of nitro groups is 1. The SMILES string of the molecule is Cc1cc([N+](=O)[O-])nn1CC(=O)NCCNC(=O)c1nc(Cn2cc(Br)cn2)no1. The average molecular weight is 482 g/mol. The molecular formula is C15H16BrN9O5. The second-order valence-corrected chi connectivity index (χ2v) is 6.95. The lowest BCUT2D eigenvalue weighted by molar-refractivity contribution is -0.389. The lowest BCUT2D eigenvalue weighted by Crippen LogP contribution is -2.36. The van der Waals surface area contributed by atoms with Gasteiger partial charge in [0, 0.05) is 19.3 Å². The highest BCUT2D eigenvalue weighted by Crippen LogP contribution is 2.10. The zero-order valence-electron chi connectivity index (χ0n) is 15.6. The Balaban J connectivity index is 1.40. The number of carbonyl (C=O) groups excluding carboxylic acids is 2. The zero-order valence-corrected chi connectivity index (χ0v) is 17.2. The van der Waals surface area contributed by atoms with Crippen LogP contribution in [0.1, 0.15) is 22.2 Å². The Morgan fingerprint density at radius 3 is 2.77 bits per heavy atom. The topological polar surface area (TPSA) is 176 Å². The van der Waals surface area contributed by atoms with Crippen LogP contribution >= 0.6 is 15.9 Å². The number of nitrogens with zero attached hydrogens (tertiary/aromatic N) is 7. The lowest BCUT2D eigenvalue weighted by atomic mass is 10.4. The van der Waals surface area contributed by atoms with E-state index in [0.717, 1.165) is 4.47 Å². The largest absolute Gasteiger partial charge is 0.390 e. The summed E-state index contributed by atoms with van der Waals surface area (Å²) in [6.07, 6.45) is 3.33. The molecule has 0 bridgehead atoms. The maximum atomic E-state index is 12.0. The van der Waals surface area contributed by atoms with Gasteiger partial charge in [-0.3, -0.25) is 14.3 Å². The van der Waals surface area contributed by atoms with E-state index in [9.17, 15) is 19.7 Å². The molecule has 0 saturated heterocycles. The summed E-state index contributed by atoms with van der Waals surface area (Å²) in [6, 6.07) is 1.28. The Kier molecular flexibility index (Phi) is 6.51. The van der Waals surface area contributed by atoms with Crippen molar-refractivity contribution in [2.75, 3.05) is 13.1 Å². The fraction of sp³-hybridized carbons (Fsp3) is 0.333. The van der Waals surface area contributed by atoms with E-state index in [1.54, 1.807) is 24.0 Å². The minimum Gasteiger partial charge on any atom is -0.358 e. The van der Waals surface area contributed by atoms with Crippen molar-refractivity contribution in [3.63, 3.8) is 0 Å². The molecule has 15 heteroatoms. The first kappa shape index (κ1) is 21.1. The van der Waals surface area contributed by atoms with Crippen molar-refractivity contribution in [3.05, 3.63) is 50.5 Å². The molecule has 3 aromatic rings. The van der Waals surface area contributed by atoms with E-state index in [0.29, 0.717) is 5.69 Å². The van der Waals surface area contributed by atoms with E-state index in [1.807, 2.05) is 0 Å². The number of halogens is 1. The van der Waals surface area contributed by atoms with Crippen molar-refractivity contribution in [2.24, 2.45) is 0 Å². The molecule has 3 rings (SSSR count). The maximum Gasteiger partial charge on any atom is 0.390 e. The molecule has 0 aliphatic carbocycles. The standard InChI is InChI=1S/C15H16BrN9O5/c1-9-4-12(25(28)29)21-24(9)8-13(26)17-2-3-18-14(27)15-20-11(22-30-15)7-23-6-10(16)5-19-23/h4-6H,2-3,7-8H2,1H3,(H,17,26)(H,18,27). The van der Waals surface area contributed by atoms with Crippen molar-refractivity contribution in [3.8, 4) is 0 Å². The summed E-state index contributed by atoms with van der Waals surface area (Å²) >= 11 is 3.27. The van der Waals surface area contributed by atoms with Gasteiger partial charge in [-0.15, -0.1) is 0 Å². The first-order valence-electron chi connectivity index (χ1n) is 8.56. The summed E-state index contributed by atoms with van der Waals surface area (Å²) in [5.41, 5.74) is 0.486. The lowest BCUT2D eigenvalue weighted by Gasteiger charge is -2.05. The number of nitrogens with one attached hydrogen (secondary N) is 2. The molecule has 3 aromatic heterocycles. The van der Waals surface area contributed by atoms with E-state index in [-0.39, 0.29) is 43.7 Å². The third-order valence-corrected chi connectivity index (χ3v) is 4.16. The van der Waals surface area contributed by atoms with Crippen LogP contribution in [-0.2, 0) is 17.9 Å². The molecule has 0 atom stereocenters. The summed E-state index contributed by atoms with van der Waals surface area (Å²) in [7, 11) is 0. The van der Waals surface area contributed by atoms with Gasteiger partial charge in [0.05, 0.1) is 27.5 Å². The Hall–Kier alpha value is -3.62. The predicted molar refractivity (Wildman–Crippen MR) is 102 cm³/mol. The van der Waals surface area contributed by atoms with Crippen molar-refractivity contribution in [2.45, 2.75) is 20.0 Å². The van der Waals surface area contributed by atoms with Crippen LogP contribution in [0.3, 0.4) is 0 Å². The molecule has 158 valence electrons. The molecule has 30 heavy (non-hydrogen) atoms. The van der Waals surface area contributed by atoms with E-state index < -0.39 is 16.7 Å². The molecule has 0 fully saturated rings. The van der Waals surface area contributed by atoms with Crippen LogP contribution < -0.4 is 10.6 Å². The van der Waals surface area contributed by atoms with E-state index in [4.69, 9.17) is 4.52 Å². The van der Waals surface area contributed by atoms with Gasteiger partial charge >= 0.3 is 17.6 Å². The number of rotatable bonds is 9. The number of hydrogen-bond donors (Lipinski definition) is 2. The number of amides is 2. The molecule has 14 nitrogen and oxygen atoms in total. The highest BCUT2D eigenvalue weighted by atomic mass is 79.9. The molecule has 0 unspecified atom stereocenters. The van der Waals surface area contributed by atoms with E-state index >= 15 is 0 Å². The Bertz CT molecular complexity index is 1070. The van der Waals surface area contributed by atoms with Gasteiger partial charge in [0.25, 0.3) is 0 Å².